The van der Waals surface area contributed by atoms with Gasteiger partial charge in [0.2, 0.25) is 0 Å². The Morgan fingerprint density at radius 1 is 1.17 bits per heavy atom. The first-order chi connectivity index (χ1) is 11.4. The Morgan fingerprint density at radius 3 is 2.71 bits per heavy atom. The molecule has 3 heteroatoms. The summed E-state index contributed by atoms with van der Waals surface area (Å²) in [5, 5.41) is 19.4. The smallest absolute Gasteiger partial charge is 0.161 e. The van der Waals surface area contributed by atoms with Gasteiger partial charge >= 0.3 is 0 Å². The van der Waals surface area contributed by atoms with E-state index in [9.17, 15) is 15.0 Å². The quantitative estimate of drug-likeness (QED) is 0.761. The summed E-state index contributed by atoms with van der Waals surface area (Å²) in [5.74, 6) is 2.16. The van der Waals surface area contributed by atoms with Crippen molar-refractivity contribution < 1.29 is 15.0 Å². The molecule has 3 saturated carbocycles. The Kier molecular flexibility index (Phi) is 3.96. The van der Waals surface area contributed by atoms with Gasteiger partial charge in [0.15, 0.2) is 5.78 Å². The fraction of sp³-hybridized carbons (Fsp3) is 0.857. The second-order valence-electron chi connectivity index (χ2n) is 9.45. The molecule has 3 fully saturated rings. The van der Waals surface area contributed by atoms with Crippen LogP contribution in [0.1, 0.15) is 65.2 Å². The highest BCUT2D eigenvalue weighted by Gasteiger charge is 2.59. The van der Waals surface area contributed by atoms with Crippen molar-refractivity contribution in [2.45, 2.75) is 71.3 Å². The lowest BCUT2D eigenvalue weighted by Gasteiger charge is -2.57. The van der Waals surface area contributed by atoms with E-state index < -0.39 is 0 Å². The van der Waals surface area contributed by atoms with Gasteiger partial charge in [0.1, 0.15) is 6.61 Å². The summed E-state index contributed by atoms with van der Waals surface area (Å²) in [5.41, 5.74) is 1.87. The Balaban J connectivity index is 1.64. The zero-order chi connectivity index (χ0) is 17.1. The van der Waals surface area contributed by atoms with Gasteiger partial charge in [-0.15, -0.1) is 0 Å². The molecular formula is C21H32O3. The Labute approximate surface area is 145 Å². The first-order valence-corrected chi connectivity index (χ1v) is 9.91. The van der Waals surface area contributed by atoms with Gasteiger partial charge in [-0.05, 0) is 80.0 Å². The molecule has 0 aromatic rings. The number of rotatable bonds is 2. The van der Waals surface area contributed by atoms with Crippen LogP contribution in [0.5, 0.6) is 0 Å². The van der Waals surface area contributed by atoms with Crippen LogP contribution in [0, 0.1) is 34.5 Å². The first-order valence-electron chi connectivity index (χ1n) is 9.91. The second-order valence-corrected chi connectivity index (χ2v) is 9.45. The maximum Gasteiger partial charge on any atom is 0.161 e. The molecule has 0 saturated heterocycles. The molecule has 0 aromatic carbocycles. The Morgan fingerprint density at radius 2 is 1.96 bits per heavy atom. The standard InChI is InChI=1S/C21H32O3/c1-20-9-7-14(23)11-13(20)3-4-15-16-5-6-18(19(24)12-22)21(16,2)10-8-17(15)20/h3,14-18,22-23H,4-12H2,1-2H3/t14?,15-,16-,17-,18+,20-,21-/m0/s1. The molecule has 0 heterocycles. The van der Waals surface area contributed by atoms with E-state index in [-0.39, 0.29) is 35.2 Å². The second kappa shape index (κ2) is 5.67. The van der Waals surface area contributed by atoms with E-state index in [1.807, 2.05) is 0 Å². The lowest BCUT2D eigenvalue weighted by atomic mass is 9.47. The largest absolute Gasteiger partial charge is 0.393 e. The molecule has 2 N–H and O–H groups in total. The minimum Gasteiger partial charge on any atom is -0.393 e. The van der Waals surface area contributed by atoms with Crippen LogP contribution >= 0.6 is 0 Å². The number of carbonyl (C=O) groups excluding carboxylic acids is 1. The number of hydrogen-bond donors (Lipinski definition) is 2. The maximum absolute atomic E-state index is 12.3. The summed E-state index contributed by atoms with van der Waals surface area (Å²) in [6.45, 7) is 4.47. The molecule has 0 aromatic heterocycles. The third-order valence-electron chi connectivity index (χ3n) is 8.62. The molecule has 24 heavy (non-hydrogen) atoms. The normalized spacial score (nSPS) is 50.5. The molecule has 0 amide bonds. The first kappa shape index (κ1) is 16.8. The molecule has 134 valence electrons. The number of Topliss-reactive ketones (excluding diaryl/α,β-unsaturated/α-hetero) is 1. The van der Waals surface area contributed by atoms with Crippen molar-refractivity contribution in [3.05, 3.63) is 11.6 Å². The predicted molar refractivity (Wildman–Crippen MR) is 93.3 cm³/mol. The van der Waals surface area contributed by atoms with Crippen LogP contribution in [0.25, 0.3) is 0 Å². The summed E-state index contributed by atoms with van der Waals surface area (Å²) >= 11 is 0. The van der Waals surface area contributed by atoms with Gasteiger partial charge in [-0.3, -0.25) is 4.79 Å². The summed E-state index contributed by atoms with van der Waals surface area (Å²) < 4.78 is 0. The number of ketones is 1. The fourth-order valence-electron chi connectivity index (χ4n) is 7.28. The van der Waals surface area contributed by atoms with Crippen molar-refractivity contribution in [2.75, 3.05) is 6.61 Å². The van der Waals surface area contributed by atoms with Crippen LogP contribution < -0.4 is 0 Å². The predicted octanol–water partition coefficient (Wildman–Crippen LogP) is 3.49. The van der Waals surface area contributed by atoms with Crippen molar-refractivity contribution >= 4 is 5.78 Å². The summed E-state index contributed by atoms with van der Waals surface area (Å²) in [6.07, 6.45) is 10.8. The van der Waals surface area contributed by atoms with Crippen molar-refractivity contribution in [3.63, 3.8) is 0 Å². The Hall–Kier alpha value is -0.670. The van der Waals surface area contributed by atoms with Gasteiger partial charge in [-0.1, -0.05) is 25.5 Å². The minimum absolute atomic E-state index is 0.0671. The molecule has 4 aliphatic carbocycles. The number of carbonyl (C=O) groups is 1. The number of aliphatic hydroxyl groups is 2. The Bertz CT molecular complexity index is 567. The van der Waals surface area contributed by atoms with Crippen molar-refractivity contribution in [2.24, 2.45) is 34.5 Å². The van der Waals surface area contributed by atoms with Crippen molar-refractivity contribution in [1.82, 2.24) is 0 Å². The van der Waals surface area contributed by atoms with Crippen LogP contribution in [0.15, 0.2) is 11.6 Å². The van der Waals surface area contributed by atoms with Gasteiger partial charge in [0, 0.05) is 5.92 Å². The van der Waals surface area contributed by atoms with Gasteiger partial charge < -0.3 is 10.2 Å². The fourth-order valence-corrected chi connectivity index (χ4v) is 7.28. The molecule has 0 radical (unpaired) electrons. The molecule has 3 nitrogen and oxygen atoms in total. The summed E-state index contributed by atoms with van der Waals surface area (Å²) in [4.78, 5) is 12.3. The molecule has 4 aliphatic rings. The van der Waals surface area contributed by atoms with E-state index in [1.165, 1.54) is 12.0 Å². The van der Waals surface area contributed by atoms with Gasteiger partial charge in [0.05, 0.1) is 6.10 Å². The third kappa shape index (κ3) is 2.20. The van der Waals surface area contributed by atoms with E-state index in [0.717, 1.165) is 44.9 Å². The zero-order valence-corrected chi connectivity index (χ0v) is 15.1. The zero-order valence-electron chi connectivity index (χ0n) is 15.1. The number of aliphatic hydroxyl groups excluding tert-OH is 2. The highest BCUT2D eigenvalue weighted by Crippen LogP contribution is 2.66. The van der Waals surface area contributed by atoms with E-state index in [4.69, 9.17) is 0 Å². The van der Waals surface area contributed by atoms with Crippen LogP contribution in [0.4, 0.5) is 0 Å². The van der Waals surface area contributed by atoms with Gasteiger partial charge in [-0.25, -0.2) is 0 Å². The highest BCUT2D eigenvalue weighted by molar-refractivity contribution is 5.83. The molecule has 7 atom stereocenters. The van der Waals surface area contributed by atoms with E-state index in [0.29, 0.717) is 17.8 Å². The molecule has 0 aliphatic heterocycles. The lowest BCUT2D eigenvalue weighted by Crippen LogP contribution is -2.51. The lowest BCUT2D eigenvalue weighted by molar-refractivity contribution is -0.132. The SMILES string of the molecule is C[C@]12CC[C@H]3[C@@H](CC=C4CC(O)CC[C@@]43C)[C@@H]1CC[C@@H]2C(=O)CO. The summed E-state index contributed by atoms with van der Waals surface area (Å²) in [6, 6.07) is 0. The third-order valence-corrected chi connectivity index (χ3v) is 8.62. The molecular weight excluding hydrogens is 300 g/mol. The average molecular weight is 332 g/mol. The number of allylic oxidation sites excluding steroid dienone is 1. The van der Waals surface area contributed by atoms with Crippen LogP contribution in [0.2, 0.25) is 0 Å². The molecule has 0 bridgehead atoms. The van der Waals surface area contributed by atoms with E-state index >= 15 is 0 Å². The molecule has 0 spiro atoms. The number of fused-ring (bicyclic) bond motifs is 5. The maximum atomic E-state index is 12.3. The molecule has 4 rings (SSSR count). The minimum atomic E-state index is -0.291. The van der Waals surface area contributed by atoms with Crippen LogP contribution in [0.3, 0.4) is 0 Å². The van der Waals surface area contributed by atoms with Crippen LogP contribution in [-0.4, -0.2) is 28.7 Å². The van der Waals surface area contributed by atoms with E-state index in [1.54, 1.807) is 0 Å². The molecule has 1 unspecified atom stereocenters. The van der Waals surface area contributed by atoms with Crippen molar-refractivity contribution in [1.29, 1.82) is 0 Å². The highest BCUT2D eigenvalue weighted by atomic mass is 16.3. The van der Waals surface area contributed by atoms with Gasteiger partial charge in [-0.2, -0.15) is 0 Å². The van der Waals surface area contributed by atoms with Gasteiger partial charge in [0.25, 0.3) is 0 Å². The average Bonchev–Trinajstić information content (AvgIpc) is 2.92. The van der Waals surface area contributed by atoms with E-state index in [2.05, 4.69) is 19.9 Å². The van der Waals surface area contributed by atoms with Crippen LogP contribution in [-0.2, 0) is 4.79 Å². The number of hydrogen-bond acceptors (Lipinski definition) is 3. The summed E-state index contributed by atoms with van der Waals surface area (Å²) in [7, 11) is 0. The topological polar surface area (TPSA) is 57.5 Å². The monoisotopic (exact) mass is 332 g/mol. The van der Waals surface area contributed by atoms with Crippen molar-refractivity contribution in [3.8, 4) is 0 Å².